The average Bonchev–Trinajstić information content (AvgIpc) is 3.19. The normalized spacial score (nSPS) is 20.9. The number of carbonyl (C=O) groups excluding carboxylic acids is 1. The minimum Gasteiger partial charge on any atom is -0.481 e. The maximum absolute atomic E-state index is 13.2. The second-order valence-corrected chi connectivity index (χ2v) is 8.16. The van der Waals surface area contributed by atoms with Gasteiger partial charge in [0, 0.05) is 17.8 Å². The summed E-state index contributed by atoms with van der Waals surface area (Å²) in [7, 11) is 0. The van der Waals surface area contributed by atoms with E-state index >= 15 is 0 Å². The first-order valence-electron chi connectivity index (χ1n) is 10.4. The van der Waals surface area contributed by atoms with Gasteiger partial charge in [0.2, 0.25) is 5.91 Å². The summed E-state index contributed by atoms with van der Waals surface area (Å²) in [6.45, 7) is 2.10. The van der Waals surface area contributed by atoms with E-state index in [2.05, 4.69) is 5.32 Å². The topological polar surface area (TPSA) is 69.6 Å². The van der Waals surface area contributed by atoms with Crippen LogP contribution in [0.4, 0.5) is 5.69 Å². The Morgan fingerprint density at radius 3 is 2.33 bits per heavy atom. The summed E-state index contributed by atoms with van der Waals surface area (Å²) in [5, 5.41) is 13.0. The van der Waals surface area contributed by atoms with Gasteiger partial charge in [-0.25, -0.2) is 0 Å². The van der Waals surface area contributed by atoms with Gasteiger partial charge >= 0.3 is 5.97 Å². The molecule has 1 aromatic carbocycles. The number of hydrogen-bond donors (Lipinski definition) is 2. The van der Waals surface area contributed by atoms with Gasteiger partial charge in [-0.2, -0.15) is 0 Å². The molecule has 2 fully saturated rings. The molecule has 2 aliphatic carbocycles. The van der Waals surface area contributed by atoms with Crippen molar-refractivity contribution in [3.8, 4) is 0 Å². The van der Waals surface area contributed by atoms with E-state index in [4.69, 9.17) is 0 Å². The number of hydrogen-bond acceptors (Lipinski definition) is 3. The standard InChI is InChI=1S/C22H32N2O3/c1-17(22(21(26)27)14-8-9-15-22)23-16-20(25)24(18-10-4-2-5-11-18)19-12-6-3-7-13-19/h2,4-5,10-11,17,19,23H,3,6-9,12-16H2,1H3,(H,26,27). The second kappa shape index (κ2) is 8.87. The molecule has 1 unspecified atom stereocenters. The van der Waals surface area contributed by atoms with Crippen molar-refractivity contribution in [3.05, 3.63) is 30.3 Å². The summed E-state index contributed by atoms with van der Waals surface area (Å²) >= 11 is 0. The van der Waals surface area contributed by atoms with Crippen molar-refractivity contribution in [3.63, 3.8) is 0 Å². The van der Waals surface area contributed by atoms with E-state index in [0.29, 0.717) is 12.8 Å². The number of carbonyl (C=O) groups is 2. The number of nitrogens with zero attached hydrogens (tertiary/aromatic N) is 1. The van der Waals surface area contributed by atoms with Gasteiger partial charge in [-0.1, -0.05) is 50.3 Å². The first kappa shape index (κ1) is 19.9. The highest BCUT2D eigenvalue weighted by Gasteiger charge is 2.46. The lowest BCUT2D eigenvalue weighted by atomic mass is 9.79. The van der Waals surface area contributed by atoms with Crippen LogP contribution in [0.1, 0.15) is 64.7 Å². The highest BCUT2D eigenvalue weighted by atomic mass is 16.4. The molecular formula is C22H32N2O3. The number of carboxylic acid groups (broad SMARTS) is 1. The van der Waals surface area contributed by atoms with Gasteiger partial charge in [0.25, 0.3) is 0 Å². The van der Waals surface area contributed by atoms with E-state index in [0.717, 1.165) is 44.2 Å². The highest BCUT2D eigenvalue weighted by molar-refractivity contribution is 5.95. The molecule has 148 valence electrons. The van der Waals surface area contributed by atoms with E-state index in [1.165, 1.54) is 6.42 Å². The van der Waals surface area contributed by atoms with E-state index in [9.17, 15) is 14.7 Å². The first-order valence-corrected chi connectivity index (χ1v) is 10.4. The van der Waals surface area contributed by atoms with Gasteiger partial charge in [0.15, 0.2) is 0 Å². The molecule has 2 saturated carbocycles. The summed E-state index contributed by atoms with van der Waals surface area (Å²) in [4.78, 5) is 27.0. The van der Waals surface area contributed by atoms with Crippen LogP contribution < -0.4 is 10.2 Å². The quantitative estimate of drug-likeness (QED) is 0.760. The highest BCUT2D eigenvalue weighted by Crippen LogP contribution is 2.41. The van der Waals surface area contributed by atoms with E-state index < -0.39 is 11.4 Å². The van der Waals surface area contributed by atoms with Gasteiger partial charge in [0.1, 0.15) is 0 Å². The molecule has 5 nitrogen and oxygen atoms in total. The number of para-hydroxylation sites is 1. The van der Waals surface area contributed by atoms with Crippen molar-refractivity contribution < 1.29 is 14.7 Å². The van der Waals surface area contributed by atoms with Gasteiger partial charge in [-0.3, -0.25) is 9.59 Å². The maximum atomic E-state index is 13.2. The van der Waals surface area contributed by atoms with E-state index in [1.54, 1.807) is 0 Å². The van der Waals surface area contributed by atoms with Crippen molar-refractivity contribution in [1.29, 1.82) is 0 Å². The molecule has 1 atom stereocenters. The van der Waals surface area contributed by atoms with Crippen LogP contribution in [0, 0.1) is 5.41 Å². The largest absolute Gasteiger partial charge is 0.481 e. The minimum atomic E-state index is -0.736. The fraction of sp³-hybridized carbons (Fsp3) is 0.636. The minimum absolute atomic E-state index is 0.0403. The van der Waals surface area contributed by atoms with Crippen molar-refractivity contribution >= 4 is 17.6 Å². The van der Waals surface area contributed by atoms with Crippen molar-refractivity contribution in [2.75, 3.05) is 11.4 Å². The van der Waals surface area contributed by atoms with Gasteiger partial charge in [-0.05, 0) is 44.7 Å². The Morgan fingerprint density at radius 1 is 1.11 bits per heavy atom. The predicted molar refractivity (Wildman–Crippen MR) is 107 cm³/mol. The van der Waals surface area contributed by atoms with E-state index in [-0.39, 0.29) is 24.5 Å². The second-order valence-electron chi connectivity index (χ2n) is 8.16. The lowest BCUT2D eigenvalue weighted by Gasteiger charge is -2.36. The molecule has 2 aliphatic rings. The van der Waals surface area contributed by atoms with Crippen molar-refractivity contribution in [2.45, 2.75) is 76.8 Å². The summed E-state index contributed by atoms with van der Waals surface area (Å²) in [5.74, 6) is -0.696. The molecule has 1 aromatic rings. The molecule has 0 bridgehead atoms. The summed E-state index contributed by atoms with van der Waals surface area (Å²) in [5.41, 5.74) is 0.209. The molecule has 1 amide bonds. The van der Waals surface area contributed by atoms with Crippen LogP contribution in [0.15, 0.2) is 30.3 Å². The molecule has 27 heavy (non-hydrogen) atoms. The first-order chi connectivity index (χ1) is 13.0. The van der Waals surface area contributed by atoms with Gasteiger partial charge in [-0.15, -0.1) is 0 Å². The van der Waals surface area contributed by atoms with Gasteiger partial charge < -0.3 is 15.3 Å². The van der Waals surface area contributed by atoms with Crippen LogP contribution in [0.2, 0.25) is 0 Å². The maximum Gasteiger partial charge on any atom is 0.311 e. The Balaban J connectivity index is 1.70. The van der Waals surface area contributed by atoms with Crippen LogP contribution in [0.5, 0.6) is 0 Å². The molecule has 0 aromatic heterocycles. The molecule has 5 heteroatoms. The van der Waals surface area contributed by atoms with Crippen LogP contribution in [-0.4, -0.2) is 35.6 Å². The molecule has 0 heterocycles. The number of rotatable bonds is 7. The Bertz CT molecular complexity index is 634. The number of nitrogens with one attached hydrogen (secondary N) is 1. The summed E-state index contributed by atoms with van der Waals surface area (Å²) < 4.78 is 0. The smallest absolute Gasteiger partial charge is 0.311 e. The molecule has 0 spiro atoms. The summed E-state index contributed by atoms with van der Waals surface area (Å²) in [6.07, 6.45) is 8.91. The van der Waals surface area contributed by atoms with Crippen LogP contribution >= 0.6 is 0 Å². The van der Waals surface area contributed by atoms with Crippen molar-refractivity contribution in [1.82, 2.24) is 5.32 Å². The van der Waals surface area contributed by atoms with Crippen LogP contribution in [0.3, 0.4) is 0 Å². The fourth-order valence-corrected chi connectivity index (χ4v) is 4.85. The number of carboxylic acids is 1. The van der Waals surface area contributed by atoms with E-state index in [1.807, 2.05) is 42.2 Å². The van der Waals surface area contributed by atoms with Crippen LogP contribution in [-0.2, 0) is 9.59 Å². The fourth-order valence-electron chi connectivity index (χ4n) is 4.85. The number of anilines is 1. The molecular weight excluding hydrogens is 340 g/mol. The zero-order chi connectivity index (χ0) is 19.3. The number of amides is 1. The number of aliphatic carboxylic acids is 1. The zero-order valence-electron chi connectivity index (χ0n) is 16.3. The third-order valence-electron chi connectivity index (χ3n) is 6.55. The Kier molecular flexibility index (Phi) is 6.53. The van der Waals surface area contributed by atoms with Crippen LogP contribution in [0.25, 0.3) is 0 Å². The number of benzene rings is 1. The Labute approximate surface area is 162 Å². The zero-order valence-corrected chi connectivity index (χ0v) is 16.3. The average molecular weight is 373 g/mol. The predicted octanol–water partition coefficient (Wildman–Crippen LogP) is 3.98. The monoisotopic (exact) mass is 372 g/mol. The van der Waals surface area contributed by atoms with Gasteiger partial charge in [0.05, 0.1) is 12.0 Å². The third kappa shape index (κ3) is 4.34. The SMILES string of the molecule is CC(NCC(=O)N(c1ccccc1)C1CCCCC1)C1(C(=O)O)CCCC1. The third-order valence-corrected chi connectivity index (χ3v) is 6.55. The Morgan fingerprint density at radius 2 is 1.74 bits per heavy atom. The Hall–Kier alpha value is -1.88. The van der Waals surface area contributed by atoms with Crippen molar-refractivity contribution in [2.24, 2.45) is 5.41 Å². The molecule has 0 aliphatic heterocycles. The summed E-state index contributed by atoms with van der Waals surface area (Å²) in [6, 6.07) is 9.90. The molecule has 2 N–H and O–H groups in total. The molecule has 3 rings (SSSR count). The lowest BCUT2D eigenvalue weighted by molar-refractivity contribution is -0.150. The molecule has 0 saturated heterocycles. The lowest BCUT2D eigenvalue weighted by Crippen LogP contribution is -2.52. The molecule has 0 radical (unpaired) electrons.